The fourth-order valence-corrected chi connectivity index (χ4v) is 2.56. The maximum Gasteiger partial charge on any atom is 0.307 e. The molecule has 0 aliphatic rings. The minimum atomic E-state index is -0.878. The molecule has 6 heteroatoms. The molecule has 0 saturated carbocycles. The molecule has 1 heterocycles. The third kappa shape index (κ3) is 2.10. The van der Waals surface area contributed by atoms with E-state index in [2.05, 4.69) is 4.98 Å². The number of methoxy groups -OCH3 is 1. The van der Waals surface area contributed by atoms with Crippen molar-refractivity contribution < 1.29 is 14.6 Å². The fourth-order valence-electron chi connectivity index (χ4n) is 1.46. The molecule has 0 bridgehead atoms. The van der Waals surface area contributed by atoms with E-state index < -0.39 is 5.97 Å². The van der Waals surface area contributed by atoms with Crippen molar-refractivity contribution in [1.29, 1.82) is 0 Å². The first kappa shape index (κ1) is 11.2. The van der Waals surface area contributed by atoms with Gasteiger partial charge in [0.05, 0.1) is 18.2 Å². The van der Waals surface area contributed by atoms with Crippen molar-refractivity contribution in [3.63, 3.8) is 0 Å². The zero-order valence-corrected chi connectivity index (χ0v) is 9.93. The zero-order valence-electron chi connectivity index (χ0n) is 8.36. The molecular weight excluding hydrogens is 250 g/mol. The lowest BCUT2D eigenvalue weighted by Crippen LogP contribution is -2.00. The number of hydrogen-bond donors (Lipinski definition) is 1. The Morgan fingerprint density at radius 3 is 3.00 bits per heavy atom. The molecule has 0 amide bonds. The summed E-state index contributed by atoms with van der Waals surface area (Å²) in [5, 5.41) is 8.73. The van der Waals surface area contributed by atoms with Crippen molar-refractivity contribution >= 4 is 39.1 Å². The van der Waals surface area contributed by atoms with Gasteiger partial charge in [-0.1, -0.05) is 11.6 Å². The maximum atomic E-state index is 10.6. The van der Waals surface area contributed by atoms with Gasteiger partial charge in [0.2, 0.25) is 0 Å². The summed E-state index contributed by atoms with van der Waals surface area (Å²) in [6, 6.07) is 3.45. The van der Waals surface area contributed by atoms with Gasteiger partial charge in [-0.25, -0.2) is 4.98 Å². The maximum absolute atomic E-state index is 10.6. The Hall–Kier alpha value is -1.33. The number of fused-ring (bicyclic) bond motifs is 1. The van der Waals surface area contributed by atoms with E-state index in [0.717, 1.165) is 4.70 Å². The van der Waals surface area contributed by atoms with Crippen molar-refractivity contribution in [2.24, 2.45) is 0 Å². The lowest BCUT2D eigenvalue weighted by atomic mass is 10.1. The van der Waals surface area contributed by atoms with Crippen LogP contribution in [-0.2, 0) is 11.2 Å². The number of aliphatic carboxylic acids is 1. The van der Waals surface area contributed by atoms with E-state index in [1.165, 1.54) is 18.4 Å². The van der Waals surface area contributed by atoms with Gasteiger partial charge in [0.25, 0.3) is 0 Å². The average Bonchev–Trinajstić information content (AvgIpc) is 2.56. The van der Waals surface area contributed by atoms with Gasteiger partial charge in [-0.05, 0) is 17.7 Å². The predicted octanol–water partition coefficient (Wildman–Crippen LogP) is 2.59. The molecule has 0 atom stereocenters. The Balaban J connectivity index is 2.57. The first-order chi connectivity index (χ1) is 7.60. The number of ether oxygens (including phenoxy) is 1. The summed E-state index contributed by atoms with van der Waals surface area (Å²) >= 11 is 7.11. The summed E-state index contributed by atoms with van der Waals surface area (Å²) in [5.41, 5.74) is 1.35. The first-order valence-corrected chi connectivity index (χ1v) is 5.64. The SMILES string of the molecule is COc1cc(CC(=O)O)cc2sc(Cl)nc12. The topological polar surface area (TPSA) is 59.4 Å². The molecule has 0 fully saturated rings. The summed E-state index contributed by atoms with van der Waals surface area (Å²) in [6.07, 6.45) is -0.0399. The molecule has 1 N–H and O–H groups in total. The number of nitrogens with zero attached hydrogens (tertiary/aromatic N) is 1. The van der Waals surface area contributed by atoms with Crippen molar-refractivity contribution in [3.05, 3.63) is 22.2 Å². The molecule has 2 aromatic rings. The summed E-state index contributed by atoms with van der Waals surface area (Å²) in [6.45, 7) is 0. The van der Waals surface area contributed by atoms with E-state index in [9.17, 15) is 4.79 Å². The number of carboxylic acids is 1. The van der Waals surface area contributed by atoms with Gasteiger partial charge in [-0.15, -0.1) is 11.3 Å². The molecule has 0 aliphatic heterocycles. The molecule has 0 radical (unpaired) electrons. The number of thiazole rings is 1. The summed E-state index contributed by atoms with van der Waals surface area (Å²) < 4.78 is 6.41. The highest BCUT2D eigenvalue weighted by molar-refractivity contribution is 7.22. The van der Waals surface area contributed by atoms with Gasteiger partial charge in [0.1, 0.15) is 11.3 Å². The van der Waals surface area contributed by atoms with Crippen LogP contribution >= 0.6 is 22.9 Å². The van der Waals surface area contributed by atoms with Crippen molar-refractivity contribution in [1.82, 2.24) is 4.98 Å². The summed E-state index contributed by atoms with van der Waals surface area (Å²) in [4.78, 5) is 14.7. The molecule has 4 nitrogen and oxygen atoms in total. The number of halogens is 1. The van der Waals surface area contributed by atoms with Crippen LogP contribution in [0.3, 0.4) is 0 Å². The Labute approximate surface area is 100 Å². The lowest BCUT2D eigenvalue weighted by molar-refractivity contribution is -0.136. The number of hydrogen-bond acceptors (Lipinski definition) is 4. The Kier molecular flexibility index (Phi) is 2.98. The minimum Gasteiger partial charge on any atom is -0.494 e. The smallest absolute Gasteiger partial charge is 0.307 e. The molecule has 2 rings (SSSR count). The molecular formula is C10H8ClNO3S. The van der Waals surface area contributed by atoms with Crippen LogP contribution in [0, 0.1) is 0 Å². The van der Waals surface area contributed by atoms with Gasteiger partial charge >= 0.3 is 5.97 Å². The lowest BCUT2D eigenvalue weighted by Gasteiger charge is -2.03. The quantitative estimate of drug-likeness (QED) is 0.918. The van der Waals surface area contributed by atoms with Gasteiger partial charge in [-0.2, -0.15) is 0 Å². The van der Waals surface area contributed by atoms with Crippen LogP contribution in [0.15, 0.2) is 12.1 Å². The second-order valence-electron chi connectivity index (χ2n) is 3.18. The third-order valence-electron chi connectivity index (χ3n) is 2.07. The molecule has 1 aromatic carbocycles. The van der Waals surface area contributed by atoms with E-state index >= 15 is 0 Å². The molecule has 0 spiro atoms. The highest BCUT2D eigenvalue weighted by atomic mass is 35.5. The van der Waals surface area contributed by atoms with Gasteiger partial charge < -0.3 is 9.84 Å². The van der Waals surface area contributed by atoms with Crippen LogP contribution in [0.1, 0.15) is 5.56 Å². The number of carboxylic acid groups (broad SMARTS) is 1. The summed E-state index contributed by atoms with van der Waals surface area (Å²) in [5.74, 6) is -0.325. The number of benzene rings is 1. The van der Waals surface area contributed by atoms with E-state index in [4.69, 9.17) is 21.4 Å². The van der Waals surface area contributed by atoms with Crippen LogP contribution in [0.2, 0.25) is 4.47 Å². The van der Waals surface area contributed by atoms with Gasteiger partial charge in [0, 0.05) is 0 Å². The highest BCUT2D eigenvalue weighted by Crippen LogP contribution is 2.33. The first-order valence-electron chi connectivity index (χ1n) is 4.45. The van der Waals surface area contributed by atoms with E-state index in [1.54, 1.807) is 12.1 Å². The number of carbonyl (C=O) groups is 1. The van der Waals surface area contributed by atoms with Crippen LogP contribution < -0.4 is 4.74 Å². The molecule has 1 aromatic heterocycles. The zero-order chi connectivity index (χ0) is 11.7. The van der Waals surface area contributed by atoms with Gasteiger partial charge in [0.15, 0.2) is 4.47 Å². The monoisotopic (exact) mass is 257 g/mol. The molecule has 84 valence electrons. The Bertz CT molecular complexity index is 552. The number of aromatic nitrogens is 1. The Morgan fingerprint density at radius 2 is 2.38 bits per heavy atom. The standard InChI is InChI=1S/C10H8ClNO3S/c1-15-6-2-5(4-8(13)14)3-7-9(6)12-10(11)16-7/h2-3H,4H2,1H3,(H,13,14). The third-order valence-corrected chi connectivity index (χ3v) is 3.18. The molecule has 0 aliphatic carbocycles. The number of rotatable bonds is 3. The average molecular weight is 258 g/mol. The molecule has 0 unspecified atom stereocenters. The van der Waals surface area contributed by atoms with Crippen LogP contribution in [-0.4, -0.2) is 23.2 Å². The van der Waals surface area contributed by atoms with E-state index in [0.29, 0.717) is 21.3 Å². The normalized spacial score (nSPS) is 10.6. The minimum absolute atomic E-state index is 0.0399. The van der Waals surface area contributed by atoms with Crippen molar-refractivity contribution in [2.45, 2.75) is 6.42 Å². The van der Waals surface area contributed by atoms with Crippen LogP contribution in [0.4, 0.5) is 0 Å². The highest BCUT2D eigenvalue weighted by Gasteiger charge is 2.11. The van der Waals surface area contributed by atoms with Crippen molar-refractivity contribution in [2.75, 3.05) is 7.11 Å². The van der Waals surface area contributed by atoms with Crippen molar-refractivity contribution in [3.8, 4) is 5.75 Å². The molecule has 0 saturated heterocycles. The van der Waals surface area contributed by atoms with E-state index in [-0.39, 0.29) is 6.42 Å². The Morgan fingerprint density at radius 1 is 1.62 bits per heavy atom. The van der Waals surface area contributed by atoms with Crippen LogP contribution in [0.5, 0.6) is 5.75 Å². The van der Waals surface area contributed by atoms with E-state index in [1.807, 2.05) is 0 Å². The second-order valence-corrected chi connectivity index (χ2v) is 4.79. The largest absolute Gasteiger partial charge is 0.494 e. The van der Waals surface area contributed by atoms with Crippen LogP contribution in [0.25, 0.3) is 10.2 Å². The predicted molar refractivity (Wildman–Crippen MR) is 62.5 cm³/mol. The van der Waals surface area contributed by atoms with Gasteiger partial charge in [-0.3, -0.25) is 4.79 Å². The second kappa shape index (κ2) is 4.27. The fraction of sp³-hybridized carbons (Fsp3) is 0.200. The summed E-state index contributed by atoms with van der Waals surface area (Å²) in [7, 11) is 1.52. The molecule has 16 heavy (non-hydrogen) atoms.